The van der Waals surface area contributed by atoms with Crippen molar-refractivity contribution in [1.29, 1.82) is 0 Å². The predicted octanol–water partition coefficient (Wildman–Crippen LogP) is 1.85. The molecule has 0 unspecified atom stereocenters. The van der Waals surface area contributed by atoms with Gasteiger partial charge in [-0.25, -0.2) is 4.98 Å². The number of rotatable bonds is 4. The SMILES string of the molecule is Cc1ncsc1CNCC1(O)CCCC1. The van der Waals surface area contributed by atoms with Crippen molar-refractivity contribution in [2.75, 3.05) is 6.54 Å². The average molecular weight is 226 g/mol. The van der Waals surface area contributed by atoms with E-state index in [1.807, 2.05) is 12.4 Å². The molecule has 0 saturated heterocycles. The van der Waals surface area contributed by atoms with Gasteiger partial charge in [-0.3, -0.25) is 0 Å². The molecule has 1 saturated carbocycles. The van der Waals surface area contributed by atoms with E-state index < -0.39 is 5.60 Å². The summed E-state index contributed by atoms with van der Waals surface area (Å²) in [6.45, 7) is 3.57. The molecular formula is C11H18N2OS. The summed E-state index contributed by atoms with van der Waals surface area (Å²) in [6, 6.07) is 0. The molecule has 0 aromatic carbocycles. The van der Waals surface area contributed by atoms with Crippen LogP contribution < -0.4 is 5.32 Å². The van der Waals surface area contributed by atoms with Crippen molar-refractivity contribution in [3.63, 3.8) is 0 Å². The molecule has 1 aliphatic rings. The summed E-state index contributed by atoms with van der Waals surface area (Å²) < 4.78 is 0. The highest BCUT2D eigenvalue weighted by Gasteiger charge is 2.30. The first-order chi connectivity index (χ1) is 7.20. The fourth-order valence-electron chi connectivity index (χ4n) is 2.11. The topological polar surface area (TPSA) is 45.2 Å². The lowest BCUT2D eigenvalue weighted by Crippen LogP contribution is -2.37. The Bertz CT molecular complexity index is 318. The molecule has 0 atom stereocenters. The van der Waals surface area contributed by atoms with Gasteiger partial charge in [-0.05, 0) is 19.8 Å². The molecule has 1 aliphatic carbocycles. The number of nitrogens with one attached hydrogen (secondary N) is 1. The lowest BCUT2D eigenvalue weighted by Gasteiger charge is -2.22. The van der Waals surface area contributed by atoms with Crippen LogP contribution in [0.25, 0.3) is 0 Å². The lowest BCUT2D eigenvalue weighted by molar-refractivity contribution is 0.0475. The number of thiazole rings is 1. The van der Waals surface area contributed by atoms with Gasteiger partial charge in [0.2, 0.25) is 0 Å². The fourth-order valence-corrected chi connectivity index (χ4v) is 2.86. The largest absolute Gasteiger partial charge is 0.389 e. The van der Waals surface area contributed by atoms with Gasteiger partial charge in [0, 0.05) is 18.0 Å². The zero-order chi connectivity index (χ0) is 10.7. The summed E-state index contributed by atoms with van der Waals surface area (Å²) in [5.74, 6) is 0. The molecule has 1 aromatic heterocycles. The van der Waals surface area contributed by atoms with Gasteiger partial charge in [0.05, 0.1) is 16.8 Å². The molecule has 1 fully saturated rings. The first-order valence-corrected chi connectivity index (χ1v) is 6.40. The average Bonchev–Trinajstić information content (AvgIpc) is 2.78. The Morgan fingerprint density at radius 2 is 2.27 bits per heavy atom. The van der Waals surface area contributed by atoms with Crippen molar-refractivity contribution in [2.24, 2.45) is 0 Å². The zero-order valence-electron chi connectivity index (χ0n) is 9.12. The molecule has 15 heavy (non-hydrogen) atoms. The van der Waals surface area contributed by atoms with E-state index in [0.717, 1.165) is 37.9 Å². The van der Waals surface area contributed by atoms with E-state index in [2.05, 4.69) is 10.3 Å². The maximum atomic E-state index is 10.1. The molecule has 0 amide bonds. The van der Waals surface area contributed by atoms with Crippen molar-refractivity contribution >= 4 is 11.3 Å². The molecule has 2 rings (SSSR count). The highest BCUT2D eigenvalue weighted by atomic mass is 32.1. The standard InChI is InChI=1S/C11H18N2OS/c1-9-10(15-8-13-9)6-12-7-11(14)4-2-3-5-11/h8,12,14H,2-7H2,1H3. The number of aryl methyl sites for hydroxylation is 1. The number of aliphatic hydroxyl groups is 1. The maximum Gasteiger partial charge on any atom is 0.0798 e. The predicted molar refractivity (Wildman–Crippen MR) is 62.0 cm³/mol. The molecule has 1 aromatic rings. The summed E-state index contributed by atoms with van der Waals surface area (Å²) in [4.78, 5) is 5.48. The number of hydrogen-bond donors (Lipinski definition) is 2. The van der Waals surface area contributed by atoms with Crippen molar-refractivity contribution in [1.82, 2.24) is 10.3 Å². The molecule has 0 aliphatic heterocycles. The summed E-state index contributed by atoms with van der Waals surface area (Å²) in [5.41, 5.74) is 2.53. The second-order valence-corrected chi connectivity index (χ2v) is 5.34. The highest BCUT2D eigenvalue weighted by Crippen LogP contribution is 2.28. The first-order valence-electron chi connectivity index (χ1n) is 5.52. The second-order valence-electron chi connectivity index (χ2n) is 4.40. The summed E-state index contributed by atoms with van der Waals surface area (Å²) >= 11 is 1.68. The van der Waals surface area contributed by atoms with E-state index in [1.165, 1.54) is 4.88 Å². The number of hydrogen-bond acceptors (Lipinski definition) is 4. The van der Waals surface area contributed by atoms with Crippen molar-refractivity contribution < 1.29 is 5.11 Å². The third-order valence-corrected chi connectivity index (χ3v) is 4.05. The summed E-state index contributed by atoms with van der Waals surface area (Å²) in [6.07, 6.45) is 4.22. The molecule has 0 bridgehead atoms. The number of nitrogens with zero attached hydrogens (tertiary/aromatic N) is 1. The van der Waals surface area contributed by atoms with E-state index in [4.69, 9.17) is 0 Å². The van der Waals surface area contributed by atoms with Gasteiger partial charge < -0.3 is 10.4 Å². The molecule has 0 radical (unpaired) electrons. The van der Waals surface area contributed by atoms with Gasteiger partial charge in [0.1, 0.15) is 0 Å². The van der Waals surface area contributed by atoms with Crippen LogP contribution >= 0.6 is 11.3 Å². The minimum atomic E-state index is -0.446. The Morgan fingerprint density at radius 3 is 2.87 bits per heavy atom. The normalized spacial score (nSPS) is 19.6. The van der Waals surface area contributed by atoms with Crippen LogP contribution in [0.1, 0.15) is 36.3 Å². The van der Waals surface area contributed by atoms with Crippen LogP contribution in [0.2, 0.25) is 0 Å². The van der Waals surface area contributed by atoms with E-state index >= 15 is 0 Å². The zero-order valence-corrected chi connectivity index (χ0v) is 9.94. The molecule has 4 heteroatoms. The van der Waals surface area contributed by atoms with Gasteiger partial charge in [0.15, 0.2) is 0 Å². The van der Waals surface area contributed by atoms with E-state index in [-0.39, 0.29) is 0 Å². The smallest absolute Gasteiger partial charge is 0.0798 e. The van der Waals surface area contributed by atoms with E-state index in [9.17, 15) is 5.11 Å². The van der Waals surface area contributed by atoms with Crippen molar-refractivity contribution in [3.05, 3.63) is 16.1 Å². The highest BCUT2D eigenvalue weighted by molar-refractivity contribution is 7.09. The van der Waals surface area contributed by atoms with E-state index in [1.54, 1.807) is 11.3 Å². The van der Waals surface area contributed by atoms with Crippen LogP contribution in [-0.2, 0) is 6.54 Å². The minimum Gasteiger partial charge on any atom is -0.389 e. The van der Waals surface area contributed by atoms with Crippen LogP contribution in [0, 0.1) is 6.92 Å². The Morgan fingerprint density at radius 1 is 1.53 bits per heavy atom. The van der Waals surface area contributed by atoms with Crippen LogP contribution in [-0.4, -0.2) is 22.2 Å². The summed E-state index contributed by atoms with van der Waals surface area (Å²) in [5, 5.41) is 13.4. The van der Waals surface area contributed by atoms with Gasteiger partial charge in [0.25, 0.3) is 0 Å². The maximum absolute atomic E-state index is 10.1. The van der Waals surface area contributed by atoms with Gasteiger partial charge in [-0.1, -0.05) is 12.8 Å². The van der Waals surface area contributed by atoms with Crippen LogP contribution in [0.4, 0.5) is 0 Å². The summed E-state index contributed by atoms with van der Waals surface area (Å²) in [7, 11) is 0. The lowest BCUT2D eigenvalue weighted by atomic mass is 10.0. The molecule has 0 spiro atoms. The second kappa shape index (κ2) is 4.60. The van der Waals surface area contributed by atoms with Crippen LogP contribution in [0.3, 0.4) is 0 Å². The van der Waals surface area contributed by atoms with Crippen molar-refractivity contribution in [2.45, 2.75) is 44.8 Å². The molecule has 84 valence electrons. The fraction of sp³-hybridized carbons (Fsp3) is 0.727. The van der Waals surface area contributed by atoms with Gasteiger partial charge in [-0.15, -0.1) is 11.3 Å². The van der Waals surface area contributed by atoms with Crippen molar-refractivity contribution in [3.8, 4) is 0 Å². The third kappa shape index (κ3) is 2.77. The first kappa shape index (κ1) is 11.0. The molecular weight excluding hydrogens is 208 g/mol. The number of aromatic nitrogens is 1. The monoisotopic (exact) mass is 226 g/mol. The molecule has 1 heterocycles. The minimum absolute atomic E-state index is 0.446. The van der Waals surface area contributed by atoms with Crippen LogP contribution in [0.5, 0.6) is 0 Å². The van der Waals surface area contributed by atoms with E-state index in [0.29, 0.717) is 6.54 Å². The third-order valence-electron chi connectivity index (χ3n) is 3.12. The van der Waals surface area contributed by atoms with Gasteiger partial charge >= 0.3 is 0 Å². The molecule has 3 nitrogen and oxygen atoms in total. The van der Waals surface area contributed by atoms with Gasteiger partial charge in [-0.2, -0.15) is 0 Å². The quantitative estimate of drug-likeness (QED) is 0.823. The Labute approximate surface area is 94.5 Å². The van der Waals surface area contributed by atoms with Crippen LogP contribution in [0.15, 0.2) is 5.51 Å². The Hall–Kier alpha value is -0.450. The Kier molecular flexibility index (Phi) is 3.38. The molecule has 2 N–H and O–H groups in total. The Balaban J connectivity index is 1.77.